The van der Waals surface area contributed by atoms with Gasteiger partial charge in [0.2, 0.25) is 5.91 Å². The molecule has 0 saturated carbocycles. The SMILES string of the molecule is Cc1ccc(NC(=O)CCCNC(=O)c2ccc(F)cc2F)cc1. The van der Waals surface area contributed by atoms with Gasteiger partial charge in [-0.25, -0.2) is 8.78 Å². The summed E-state index contributed by atoms with van der Waals surface area (Å²) in [6, 6.07) is 10.2. The average Bonchev–Trinajstić information content (AvgIpc) is 2.53. The van der Waals surface area contributed by atoms with Crippen LogP contribution in [0.3, 0.4) is 0 Å². The van der Waals surface area contributed by atoms with Crippen LogP contribution in [0.5, 0.6) is 0 Å². The van der Waals surface area contributed by atoms with Crippen LogP contribution in [0.2, 0.25) is 0 Å². The van der Waals surface area contributed by atoms with Gasteiger partial charge in [0, 0.05) is 24.7 Å². The molecule has 6 heteroatoms. The minimum Gasteiger partial charge on any atom is -0.352 e. The fourth-order valence-corrected chi connectivity index (χ4v) is 2.08. The molecule has 4 nitrogen and oxygen atoms in total. The van der Waals surface area contributed by atoms with Crippen molar-refractivity contribution >= 4 is 17.5 Å². The number of aryl methyl sites for hydroxylation is 1. The summed E-state index contributed by atoms with van der Waals surface area (Å²) in [5.41, 5.74) is 1.59. The van der Waals surface area contributed by atoms with Crippen molar-refractivity contribution in [2.75, 3.05) is 11.9 Å². The van der Waals surface area contributed by atoms with Crippen molar-refractivity contribution in [2.24, 2.45) is 0 Å². The second-order valence-electron chi connectivity index (χ2n) is 5.40. The normalized spacial score (nSPS) is 10.3. The highest BCUT2D eigenvalue weighted by atomic mass is 19.1. The summed E-state index contributed by atoms with van der Waals surface area (Å²) in [5, 5.41) is 5.26. The Kier molecular flexibility index (Phi) is 6.01. The summed E-state index contributed by atoms with van der Waals surface area (Å²) in [7, 11) is 0. The lowest BCUT2D eigenvalue weighted by molar-refractivity contribution is -0.116. The fraction of sp³-hybridized carbons (Fsp3) is 0.222. The van der Waals surface area contributed by atoms with Crippen molar-refractivity contribution in [2.45, 2.75) is 19.8 Å². The smallest absolute Gasteiger partial charge is 0.254 e. The summed E-state index contributed by atoms with van der Waals surface area (Å²) in [6.07, 6.45) is 0.631. The number of anilines is 1. The minimum atomic E-state index is -0.912. The highest BCUT2D eigenvalue weighted by molar-refractivity contribution is 5.94. The summed E-state index contributed by atoms with van der Waals surface area (Å²) in [4.78, 5) is 23.5. The molecule has 24 heavy (non-hydrogen) atoms. The molecule has 2 aromatic carbocycles. The maximum Gasteiger partial charge on any atom is 0.254 e. The Hall–Kier alpha value is -2.76. The number of carbonyl (C=O) groups is 2. The first kappa shape index (κ1) is 17.6. The number of nitrogens with one attached hydrogen (secondary N) is 2. The van der Waals surface area contributed by atoms with E-state index >= 15 is 0 Å². The molecule has 126 valence electrons. The molecule has 0 atom stereocenters. The zero-order valence-electron chi connectivity index (χ0n) is 13.2. The van der Waals surface area contributed by atoms with Crippen LogP contribution >= 0.6 is 0 Å². The van der Waals surface area contributed by atoms with Gasteiger partial charge < -0.3 is 10.6 Å². The van der Waals surface area contributed by atoms with Crippen molar-refractivity contribution in [3.8, 4) is 0 Å². The van der Waals surface area contributed by atoms with Crippen LogP contribution in [-0.4, -0.2) is 18.4 Å². The third-order valence-corrected chi connectivity index (χ3v) is 3.38. The fourth-order valence-electron chi connectivity index (χ4n) is 2.08. The van der Waals surface area contributed by atoms with E-state index in [2.05, 4.69) is 10.6 Å². The van der Waals surface area contributed by atoms with Gasteiger partial charge in [-0.1, -0.05) is 17.7 Å². The molecule has 0 bridgehead atoms. The largest absolute Gasteiger partial charge is 0.352 e. The number of hydrogen-bond acceptors (Lipinski definition) is 2. The van der Waals surface area contributed by atoms with Gasteiger partial charge in [-0.2, -0.15) is 0 Å². The van der Waals surface area contributed by atoms with Crippen LogP contribution in [0.15, 0.2) is 42.5 Å². The summed E-state index contributed by atoms with van der Waals surface area (Å²) >= 11 is 0. The van der Waals surface area contributed by atoms with Crippen molar-refractivity contribution in [1.82, 2.24) is 5.32 Å². The molecule has 0 unspecified atom stereocenters. The molecule has 2 N–H and O–H groups in total. The quantitative estimate of drug-likeness (QED) is 0.796. The molecule has 0 saturated heterocycles. The molecule has 0 radical (unpaired) electrons. The van der Waals surface area contributed by atoms with E-state index in [0.29, 0.717) is 18.2 Å². The molecular formula is C18H18F2N2O2. The Bertz CT molecular complexity index is 730. The molecule has 0 aliphatic carbocycles. The van der Waals surface area contributed by atoms with Gasteiger partial charge in [-0.05, 0) is 37.6 Å². The molecule has 0 fully saturated rings. The number of carbonyl (C=O) groups excluding carboxylic acids is 2. The van der Waals surface area contributed by atoms with Crippen LogP contribution in [0.4, 0.5) is 14.5 Å². The first-order valence-electron chi connectivity index (χ1n) is 7.55. The van der Waals surface area contributed by atoms with Crippen LogP contribution in [0, 0.1) is 18.6 Å². The van der Waals surface area contributed by atoms with E-state index in [-0.39, 0.29) is 24.4 Å². The molecule has 0 heterocycles. The number of rotatable bonds is 6. The highest BCUT2D eigenvalue weighted by Gasteiger charge is 2.12. The maximum absolute atomic E-state index is 13.4. The zero-order chi connectivity index (χ0) is 17.5. The van der Waals surface area contributed by atoms with E-state index < -0.39 is 17.5 Å². The Labute approximate surface area is 138 Å². The Morgan fingerprint density at radius 2 is 1.75 bits per heavy atom. The zero-order valence-corrected chi connectivity index (χ0v) is 13.2. The second kappa shape index (κ2) is 8.19. The molecule has 0 spiro atoms. The molecule has 0 aromatic heterocycles. The molecule has 2 rings (SSSR count). The van der Waals surface area contributed by atoms with Gasteiger partial charge in [0.15, 0.2) is 0 Å². The lowest BCUT2D eigenvalue weighted by Gasteiger charge is -2.07. The van der Waals surface area contributed by atoms with Crippen molar-refractivity contribution in [3.63, 3.8) is 0 Å². The van der Waals surface area contributed by atoms with E-state index in [4.69, 9.17) is 0 Å². The number of amides is 2. The van der Waals surface area contributed by atoms with Crippen LogP contribution in [-0.2, 0) is 4.79 Å². The van der Waals surface area contributed by atoms with Gasteiger partial charge in [-0.15, -0.1) is 0 Å². The average molecular weight is 332 g/mol. The predicted molar refractivity (Wildman–Crippen MR) is 87.7 cm³/mol. The monoisotopic (exact) mass is 332 g/mol. The van der Waals surface area contributed by atoms with Gasteiger partial charge in [0.05, 0.1) is 5.56 Å². The van der Waals surface area contributed by atoms with Gasteiger partial charge in [0.1, 0.15) is 11.6 Å². The molecule has 2 aromatic rings. The van der Waals surface area contributed by atoms with Crippen LogP contribution < -0.4 is 10.6 Å². The number of hydrogen-bond donors (Lipinski definition) is 2. The lowest BCUT2D eigenvalue weighted by Crippen LogP contribution is -2.26. The maximum atomic E-state index is 13.4. The molecule has 0 aliphatic heterocycles. The molecule has 2 amide bonds. The highest BCUT2D eigenvalue weighted by Crippen LogP contribution is 2.10. The van der Waals surface area contributed by atoms with Gasteiger partial charge in [-0.3, -0.25) is 9.59 Å². The summed E-state index contributed by atoms with van der Waals surface area (Å²) < 4.78 is 26.2. The predicted octanol–water partition coefficient (Wildman–Crippen LogP) is 3.42. The topological polar surface area (TPSA) is 58.2 Å². The van der Waals surface area contributed by atoms with Crippen molar-refractivity contribution < 1.29 is 18.4 Å². The van der Waals surface area contributed by atoms with E-state index in [1.54, 1.807) is 0 Å². The van der Waals surface area contributed by atoms with Crippen molar-refractivity contribution in [3.05, 3.63) is 65.2 Å². The van der Waals surface area contributed by atoms with E-state index in [1.165, 1.54) is 0 Å². The summed E-state index contributed by atoms with van der Waals surface area (Å²) in [6.45, 7) is 2.18. The van der Waals surface area contributed by atoms with Gasteiger partial charge >= 0.3 is 0 Å². The Morgan fingerprint density at radius 3 is 2.42 bits per heavy atom. The Morgan fingerprint density at radius 1 is 1.04 bits per heavy atom. The molecule has 0 aliphatic rings. The first-order chi connectivity index (χ1) is 11.5. The first-order valence-corrected chi connectivity index (χ1v) is 7.55. The number of halogens is 2. The third kappa shape index (κ3) is 5.15. The van der Waals surface area contributed by atoms with E-state index in [9.17, 15) is 18.4 Å². The summed E-state index contributed by atoms with van der Waals surface area (Å²) in [5.74, 6) is -2.45. The lowest BCUT2D eigenvalue weighted by atomic mass is 10.2. The molecular weight excluding hydrogens is 314 g/mol. The van der Waals surface area contributed by atoms with E-state index in [1.807, 2.05) is 31.2 Å². The second-order valence-corrected chi connectivity index (χ2v) is 5.40. The Balaban J connectivity index is 1.73. The van der Waals surface area contributed by atoms with Crippen LogP contribution in [0.25, 0.3) is 0 Å². The standard InChI is InChI=1S/C18H18F2N2O2/c1-12-4-7-14(8-5-12)22-17(23)3-2-10-21-18(24)15-9-6-13(19)11-16(15)20/h4-9,11H,2-3,10H2,1H3,(H,21,24)(H,22,23). The van der Waals surface area contributed by atoms with Crippen LogP contribution in [0.1, 0.15) is 28.8 Å². The minimum absolute atomic E-state index is 0.166. The van der Waals surface area contributed by atoms with E-state index in [0.717, 1.165) is 17.7 Å². The third-order valence-electron chi connectivity index (χ3n) is 3.38. The van der Waals surface area contributed by atoms with Gasteiger partial charge in [0.25, 0.3) is 5.91 Å². The number of benzene rings is 2. The van der Waals surface area contributed by atoms with Crippen molar-refractivity contribution in [1.29, 1.82) is 0 Å².